The number of hydrogen-bond acceptors (Lipinski definition) is 7. The van der Waals surface area contributed by atoms with Gasteiger partial charge in [0.25, 0.3) is 0 Å². The van der Waals surface area contributed by atoms with Crippen molar-refractivity contribution in [1.82, 2.24) is 20.2 Å². The van der Waals surface area contributed by atoms with Crippen molar-refractivity contribution < 1.29 is 5.11 Å². The van der Waals surface area contributed by atoms with Crippen molar-refractivity contribution in [3.63, 3.8) is 0 Å². The molecule has 2 aliphatic heterocycles. The number of rotatable bonds is 3. The van der Waals surface area contributed by atoms with Crippen molar-refractivity contribution in [3.8, 4) is 10.6 Å². The Hall–Kier alpha value is -2.45. The van der Waals surface area contributed by atoms with E-state index in [1.165, 1.54) is 16.1 Å². The molecule has 5 heterocycles. The molecule has 0 aromatic carbocycles. The number of thiophene rings is 1. The number of nitrogens with one attached hydrogen (secondary N) is 1. The zero-order valence-corrected chi connectivity index (χ0v) is 15.1. The molecule has 0 aliphatic carbocycles. The van der Waals surface area contributed by atoms with Crippen LogP contribution in [0.5, 0.6) is 0 Å². The highest BCUT2D eigenvalue weighted by molar-refractivity contribution is 7.13. The molecule has 3 aromatic heterocycles. The van der Waals surface area contributed by atoms with Gasteiger partial charge in [-0.3, -0.25) is 5.10 Å². The first-order valence-corrected chi connectivity index (χ1v) is 9.77. The average molecular weight is 368 g/mol. The lowest BCUT2D eigenvalue weighted by molar-refractivity contribution is 0.198. The van der Waals surface area contributed by atoms with Crippen molar-refractivity contribution in [2.24, 2.45) is 0 Å². The number of aliphatic hydroxyl groups excluding tert-OH is 1. The monoisotopic (exact) mass is 368 g/mol. The Kier molecular flexibility index (Phi) is 3.86. The summed E-state index contributed by atoms with van der Waals surface area (Å²) in [5.74, 6) is 1.64. The Balaban J connectivity index is 1.42. The maximum absolute atomic E-state index is 9.78. The lowest BCUT2D eigenvalue weighted by Crippen LogP contribution is -2.32. The summed E-state index contributed by atoms with van der Waals surface area (Å²) < 4.78 is 0. The van der Waals surface area contributed by atoms with Gasteiger partial charge in [-0.2, -0.15) is 10.1 Å². The van der Waals surface area contributed by atoms with Crippen LogP contribution < -0.4 is 9.80 Å². The molecule has 0 spiro atoms. The molecule has 5 rings (SSSR count). The second-order valence-electron chi connectivity index (χ2n) is 6.78. The topological polar surface area (TPSA) is 81.2 Å². The Morgan fingerprint density at radius 3 is 3.00 bits per heavy atom. The van der Waals surface area contributed by atoms with Crippen LogP contribution in [-0.4, -0.2) is 51.0 Å². The third-order valence-electron chi connectivity index (χ3n) is 5.09. The normalized spacial score (nSPS) is 19.8. The molecule has 2 aliphatic rings. The van der Waals surface area contributed by atoms with Crippen LogP contribution >= 0.6 is 11.3 Å². The van der Waals surface area contributed by atoms with E-state index in [9.17, 15) is 5.11 Å². The van der Waals surface area contributed by atoms with E-state index >= 15 is 0 Å². The third-order valence-corrected chi connectivity index (χ3v) is 5.96. The zero-order chi connectivity index (χ0) is 17.5. The maximum atomic E-state index is 9.78. The van der Waals surface area contributed by atoms with Crippen molar-refractivity contribution >= 4 is 23.1 Å². The molecule has 3 aromatic rings. The zero-order valence-electron chi connectivity index (χ0n) is 14.3. The lowest BCUT2D eigenvalue weighted by atomic mass is 10.1. The molecule has 0 bridgehead atoms. The molecular weight excluding hydrogens is 348 g/mol. The van der Waals surface area contributed by atoms with Gasteiger partial charge in [-0.15, -0.1) is 11.3 Å². The molecule has 1 unspecified atom stereocenters. The number of fused-ring (bicyclic) bond motifs is 1. The van der Waals surface area contributed by atoms with Gasteiger partial charge >= 0.3 is 0 Å². The minimum absolute atomic E-state index is 0.259. The summed E-state index contributed by atoms with van der Waals surface area (Å²) in [6.45, 7) is 3.10. The fourth-order valence-electron chi connectivity index (χ4n) is 3.70. The van der Waals surface area contributed by atoms with Gasteiger partial charge in [0, 0.05) is 50.1 Å². The average Bonchev–Trinajstić information content (AvgIpc) is 3.41. The number of β-amino-alcohol motifs (C(OH)–C–C–N with tert-alkyl or cyclic N) is 1. The lowest BCUT2D eigenvalue weighted by Gasteiger charge is -2.28. The first kappa shape index (κ1) is 15.8. The minimum atomic E-state index is -0.259. The van der Waals surface area contributed by atoms with Crippen molar-refractivity contribution in [2.75, 3.05) is 29.4 Å². The Morgan fingerprint density at radius 1 is 1.23 bits per heavy atom. The highest BCUT2D eigenvalue weighted by Gasteiger charge is 2.26. The second-order valence-corrected chi connectivity index (χ2v) is 7.73. The van der Waals surface area contributed by atoms with Gasteiger partial charge in [0.15, 0.2) is 0 Å². The highest BCUT2D eigenvalue weighted by Crippen LogP contribution is 2.32. The highest BCUT2D eigenvalue weighted by atomic mass is 32.1. The summed E-state index contributed by atoms with van der Waals surface area (Å²) in [6, 6.07) is 6.08. The van der Waals surface area contributed by atoms with Gasteiger partial charge in [0.2, 0.25) is 5.95 Å². The summed E-state index contributed by atoms with van der Waals surface area (Å²) in [4.78, 5) is 14.8. The fourth-order valence-corrected chi connectivity index (χ4v) is 4.44. The second kappa shape index (κ2) is 6.37. The van der Waals surface area contributed by atoms with E-state index in [1.807, 2.05) is 12.3 Å². The predicted molar refractivity (Wildman–Crippen MR) is 102 cm³/mol. The van der Waals surface area contributed by atoms with Crippen LogP contribution in [0.3, 0.4) is 0 Å². The van der Waals surface area contributed by atoms with Crippen molar-refractivity contribution in [2.45, 2.75) is 25.5 Å². The summed E-state index contributed by atoms with van der Waals surface area (Å²) in [7, 11) is 0. The van der Waals surface area contributed by atoms with E-state index in [1.54, 1.807) is 11.3 Å². The van der Waals surface area contributed by atoms with E-state index in [-0.39, 0.29) is 6.10 Å². The van der Waals surface area contributed by atoms with Crippen LogP contribution in [0.25, 0.3) is 10.6 Å². The Morgan fingerprint density at radius 2 is 2.19 bits per heavy atom. The molecule has 134 valence electrons. The summed E-state index contributed by atoms with van der Waals surface area (Å²) in [5, 5.41) is 19.6. The van der Waals surface area contributed by atoms with Crippen LogP contribution in [0.1, 0.15) is 17.7 Å². The number of anilines is 2. The minimum Gasteiger partial charge on any atom is -0.391 e. The molecule has 0 saturated carbocycles. The van der Waals surface area contributed by atoms with E-state index in [4.69, 9.17) is 4.98 Å². The fraction of sp³-hybridized carbons (Fsp3) is 0.389. The standard InChI is InChI=1S/C18H20N6OS/c25-12-4-7-23(10-12)16-3-6-19-18(20-16)24-8-5-14-13(11-24)17(22-21-14)15-2-1-9-26-15/h1-3,6,9,12,25H,4-5,7-8,10-11H2,(H,21,22). The Labute approximate surface area is 155 Å². The number of aromatic amines is 1. The Bertz CT molecular complexity index is 908. The van der Waals surface area contributed by atoms with Gasteiger partial charge in [0.05, 0.1) is 11.0 Å². The number of aliphatic hydroxyl groups is 1. The number of aromatic nitrogens is 4. The molecule has 0 amide bonds. The first-order valence-electron chi connectivity index (χ1n) is 8.89. The van der Waals surface area contributed by atoms with Crippen molar-refractivity contribution in [1.29, 1.82) is 0 Å². The van der Waals surface area contributed by atoms with Crippen LogP contribution in [0, 0.1) is 0 Å². The molecule has 1 atom stereocenters. The first-order chi connectivity index (χ1) is 12.8. The largest absolute Gasteiger partial charge is 0.391 e. The molecule has 8 heteroatoms. The quantitative estimate of drug-likeness (QED) is 0.737. The molecule has 2 N–H and O–H groups in total. The molecule has 26 heavy (non-hydrogen) atoms. The van der Waals surface area contributed by atoms with Crippen LogP contribution in [-0.2, 0) is 13.0 Å². The van der Waals surface area contributed by atoms with Crippen LogP contribution in [0.4, 0.5) is 11.8 Å². The van der Waals surface area contributed by atoms with Gasteiger partial charge < -0.3 is 14.9 Å². The number of hydrogen-bond donors (Lipinski definition) is 2. The van der Waals surface area contributed by atoms with Gasteiger partial charge in [-0.25, -0.2) is 4.98 Å². The van der Waals surface area contributed by atoms with Crippen molar-refractivity contribution in [3.05, 3.63) is 41.0 Å². The molecular formula is C18H20N6OS. The van der Waals surface area contributed by atoms with Gasteiger partial charge in [0.1, 0.15) is 11.5 Å². The number of H-pyrrole nitrogens is 1. The van der Waals surface area contributed by atoms with E-state index in [0.717, 1.165) is 49.9 Å². The predicted octanol–water partition coefficient (Wildman–Crippen LogP) is 2.06. The summed E-state index contributed by atoms with van der Waals surface area (Å²) in [6.07, 6.45) is 3.26. The third kappa shape index (κ3) is 2.75. The van der Waals surface area contributed by atoms with Gasteiger partial charge in [-0.1, -0.05) is 6.07 Å². The van der Waals surface area contributed by atoms with E-state index in [2.05, 4.69) is 42.5 Å². The molecule has 1 saturated heterocycles. The van der Waals surface area contributed by atoms with Crippen LogP contribution in [0.15, 0.2) is 29.8 Å². The molecule has 1 fully saturated rings. The smallest absolute Gasteiger partial charge is 0.227 e. The number of nitrogens with zero attached hydrogens (tertiary/aromatic N) is 5. The maximum Gasteiger partial charge on any atom is 0.227 e. The molecule has 7 nitrogen and oxygen atoms in total. The van der Waals surface area contributed by atoms with E-state index < -0.39 is 0 Å². The summed E-state index contributed by atoms with van der Waals surface area (Å²) in [5.41, 5.74) is 3.49. The van der Waals surface area contributed by atoms with Gasteiger partial charge in [-0.05, 0) is 23.9 Å². The summed E-state index contributed by atoms with van der Waals surface area (Å²) >= 11 is 1.71. The van der Waals surface area contributed by atoms with Crippen LogP contribution in [0.2, 0.25) is 0 Å². The SMILES string of the molecule is OC1CCN(c2ccnc(N3CCc4[nH]nc(-c5cccs5)c4C3)n2)C1. The van der Waals surface area contributed by atoms with E-state index in [0.29, 0.717) is 6.54 Å². The molecule has 0 radical (unpaired) electrons.